The first-order valence-corrected chi connectivity index (χ1v) is 7.19. The molecule has 2 heterocycles. The molecule has 1 aromatic carbocycles. The minimum atomic E-state index is 0.865. The number of fused-ring (bicyclic) bond motifs is 1. The lowest BCUT2D eigenvalue weighted by Crippen LogP contribution is -2.24. The molecule has 2 aromatic rings. The Balaban J connectivity index is 2.23. The summed E-state index contributed by atoms with van der Waals surface area (Å²) < 4.78 is 7.84. The molecule has 4 nitrogen and oxygen atoms in total. The Hall–Kier alpha value is -1.81. The fourth-order valence-corrected chi connectivity index (χ4v) is 2.86. The minimum absolute atomic E-state index is 0.865. The molecule has 1 aliphatic rings. The molecule has 4 heteroatoms. The lowest BCUT2D eigenvalue weighted by atomic mass is 10.1. The van der Waals surface area contributed by atoms with E-state index in [4.69, 9.17) is 9.72 Å². The normalized spacial score (nSPS) is 14.2. The van der Waals surface area contributed by atoms with Crippen LogP contribution in [0.2, 0.25) is 0 Å². The van der Waals surface area contributed by atoms with Gasteiger partial charge in [0.25, 0.3) is 0 Å². The zero-order valence-corrected chi connectivity index (χ0v) is 12.4. The number of nitrogens with one attached hydrogen (secondary N) is 1. The van der Waals surface area contributed by atoms with Crippen molar-refractivity contribution < 1.29 is 4.74 Å². The topological polar surface area (TPSA) is 39.1 Å². The van der Waals surface area contributed by atoms with E-state index < -0.39 is 0 Å². The van der Waals surface area contributed by atoms with Crippen molar-refractivity contribution in [3.63, 3.8) is 0 Å². The van der Waals surface area contributed by atoms with E-state index in [2.05, 4.69) is 35.9 Å². The Morgan fingerprint density at radius 3 is 3.00 bits per heavy atom. The number of nitrogens with zero attached hydrogens (tertiary/aromatic N) is 2. The molecule has 106 valence electrons. The molecule has 20 heavy (non-hydrogen) atoms. The zero-order valence-electron chi connectivity index (χ0n) is 12.4. The van der Waals surface area contributed by atoms with Gasteiger partial charge in [-0.1, -0.05) is 13.0 Å². The molecule has 0 spiro atoms. The second-order valence-corrected chi connectivity index (χ2v) is 5.21. The fourth-order valence-electron chi connectivity index (χ4n) is 2.86. The van der Waals surface area contributed by atoms with Gasteiger partial charge in [-0.15, -0.1) is 0 Å². The maximum absolute atomic E-state index is 5.55. The van der Waals surface area contributed by atoms with Crippen LogP contribution in [-0.4, -0.2) is 23.2 Å². The van der Waals surface area contributed by atoms with Crippen LogP contribution in [0.15, 0.2) is 18.2 Å². The van der Waals surface area contributed by atoms with Gasteiger partial charge in [0, 0.05) is 31.6 Å². The van der Waals surface area contributed by atoms with Gasteiger partial charge in [0.2, 0.25) is 0 Å². The fraction of sp³-hybridized carbons (Fsp3) is 0.438. The molecule has 1 aliphatic heterocycles. The molecule has 0 saturated heterocycles. The third-order valence-electron chi connectivity index (χ3n) is 3.85. The molecule has 0 amide bonds. The number of hydrogen-bond acceptors (Lipinski definition) is 3. The first-order chi connectivity index (χ1) is 9.74. The lowest BCUT2D eigenvalue weighted by molar-refractivity contribution is 0.412. The second kappa shape index (κ2) is 5.29. The van der Waals surface area contributed by atoms with Gasteiger partial charge in [0.15, 0.2) is 0 Å². The molecule has 0 atom stereocenters. The number of rotatable bonds is 3. The van der Waals surface area contributed by atoms with Gasteiger partial charge in [0.1, 0.15) is 11.6 Å². The first kappa shape index (κ1) is 13.2. The van der Waals surface area contributed by atoms with Crippen LogP contribution in [0.5, 0.6) is 5.75 Å². The Kier molecular flexibility index (Phi) is 3.49. The maximum atomic E-state index is 5.55. The van der Waals surface area contributed by atoms with E-state index in [1.165, 1.54) is 17.0 Å². The monoisotopic (exact) mass is 271 g/mol. The van der Waals surface area contributed by atoms with Crippen molar-refractivity contribution in [3.05, 3.63) is 41.0 Å². The lowest BCUT2D eigenvalue weighted by Gasteiger charge is -2.18. The van der Waals surface area contributed by atoms with E-state index in [1.54, 1.807) is 7.11 Å². The highest BCUT2D eigenvalue weighted by Gasteiger charge is 2.21. The predicted octanol–water partition coefficient (Wildman–Crippen LogP) is 2.40. The Morgan fingerprint density at radius 1 is 1.40 bits per heavy atom. The van der Waals surface area contributed by atoms with Gasteiger partial charge in [0.05, 0.1) is 18.5 Å². The first-order valence-electron chi connectivity index (χ1n) is 7.19. The van der Waals surface area contributed by atoms with E-state index in [0.717, 1.165) is 43.2 Å². The van der Waals surface area contributed by atoms with Crippen molar-refractivity contribution >= 4 is 0 Å². The standard InChI is InChI=1S/C16H21N3O/c1-4-16-18-12-10-17-8-7-13(12)19(16)14-9-11(2)5-6-15(14)20-3/h5-6,9,17H,4,7-8,10H2,1-3H3. The molecule has 1 aromatic heterocycles. The van der Waals surface area contributed by atoms with Crippen LogP contribution < -0.4 is 10.1 Å². The molecule has 0 saturated carbocycles. The van der Waals surface area contributed by atoms with Gasteiger partial charge in [-0.3, -0.25) is 4.57 Å². The maximum Gasteiger partial charge on any atom is 0.142 e. The third-order valence-corrected chi connectivity index (χ3v) is 3.85. The Labute approximate surface area is 119 Å². The van der Waals surface area contributed by atoms with Crippen molar-refractivity contribution in [2.75, 3.05) is 13.7 Å². The van der Waals surface area contributed by atoms with Crippen LogP contribution in [0.1, 0.15) is 29.7 Å². The van der Waals surface area contributed by atoms with Crippen molar-refractivity contribution in [2.45, 2.75) is 33.2 Å². The molecule has 0 radical (unpaired) electrons. The number of aromatic nitrogens is 2. The zero-order chi connectivity index (χ0) is 14.1. The largest absolute Gasteiger partial charge is 0.495 e. The summed E-state index contributed by atoms with van der Waals surface area (Å²) in [5.74, 6) is 2.02. The molecule has 3 rings (SSSR count). The van der Waals surface area contributed by atoms with E-state index >= 15 is 0 Å². The van der Waals surface area contributed by atoms with Gasteiger partial charge in [-0.05, 0) is 24.6 Å². The molecular weight excluding hydrogens is 250 g/mol. The van der Waals surface area contributed by atoms with E-state index in [1.807, 2.05) is 6.07 Å². The molecule has 0 fully saturated rings. The second-order valence-electron chi connectivity index (χ2n) is 5.21. The number of ether oxygens (including phenoxy) is 1. The van der Waals surface area contributed by atoms with Gasteiger partial charge < -0.3 is 10.1 Å². The summed E-state index contributed by atoms with van der Waals surface area (Å²) in [5, 5.41) is 3.39. The van der Waals surface area contributed by atoms with Crippen molar-refractivity contribution in [3.8, 4) is 11.4 Å². The van der Waals surface area contributed by atoms with E-state index in [9.17, 15) is 0 Å². The quantitative estimate of drug-likeness (QED) is 0.931. The molecule has 0 unspecified atom stereocenters. The highest BCUT2D eigenvalue weighted by atomic mass is 16.5. The molecule has 0 bridgehead atoms. The highest BCUT2D eigenvalue weighted by molar-refractivity contribution is 5.51. The highest BCUT2D eigenvalue weighted by Crippen LogP contribution is 2.29. The number of methoxy groups -OCH3 is 1. The number of benzene rings is 1. The van der Waals surface area contributed by atoms with Gasteiger partial charge in [-0.25, -0.2) is 4.98 Å². The Morgan fingerprint density at radius 2 is 2.25 bits per heavy atom. The van der Waals surface area contributed by atoms with Gasteiger partial charge in [-0.2, -0.15) is 0 Å². The third kappa shape index (κ3) is 2.10. The smallest absolute Gasteiger partial charge is 0.142 e. The molecule has 0 aliphatic carbocycles. The van der Waals surface area contributed by atoms with Crippen LogP contribution in [0.3, 0.4) is 0 Å². The van der Waals surface area contributed by atoms with Crippen LogP contribution in [0.25, 0.3) is 5.69 Å². The summed E-state index contributed by atoms with van der Waals surface area (Å²) in [5.41, 5.74) is 4.85. The number of imidazole rings is 1. The summed E-state index contributed by atoms with van der Waals surface area (Å²) in [6, 6.07) is 6.30. The van der Waals surface area contributed by atoms with Crippen molar-refractivity contribution in [1.82, 2.24) is 14.9 Å². The number of aryl methyl sites for hydroxylation is 2. The van der Waals surface area contributed by atoms with Crippen molar-refractivity contribution in [1.29, 1.82) is 0 Å². The number of hydrogen-bond donors (Lipinski definition) is 1. The average Bonchev–Trinajstić information content (AvgIpc) is 2.85. The van der Waals surface area contributed by atoms with Crippen LogP contribution in [-0.2, 0) is 19.4 Å². The minimum Gasteiger partial charge on any atom is -0.495 e. The molecular formula is C16H21N3O. The summed E-state index contributed by atoms with van der Waals surface area (Å²) in [4.78, 5) is 4.80. The summed E-state index contributed by atoms with van der Waals surface area (Å²) in [6.45, 7) is 6.14. The Bertz CT molecular complexity index is 631. The molecule has 1 N–H and O–H groups in total. The van der Waals surface area contributed by atoms with Crippen LogP contribution in [0.4, 0.5) is 0 Å². The van der Waals surface area contributed by atoms with Crippen molar-refractivity contribution in [2.24, 2.45) is 0 Å². The van der Waals surface area contributed by atoms with E-state index in [0.29, 0.717) is 0 Å². The summed E-state index contributed by atoms with van der Waals surface area (Å²) in [6.07, 6.45) is 1.93. The van der Waals surface area contributed by atoms with Crippen LogP contribution in [0, 0.1) is 6.92 Å². The van der Waals surface area contributed by atoms with Crippen LogP contribution >= 0.6 is 0 Å². The predicted molar refractivity (Wildman–Crippen MR) is 79.6 cm³/mol. The summed E-state index contributed by atoms with van der Waals surface area (Å²) >= 11 is 0. The average molecular weight is 271 g/mol. The van der Waals surface area contributed by atoms with Gasteiger partial charge >= 0.3 is 0 Å². The van der Waals surface area contributed by atoms with E-state index in [-0.39, 0.29) is 0 Å². The SMILES string of the molecule is CCc1nc2c(n1-c1cc(C)ccc1OC)CCNC2. The summed E-state index contributed by atoms with van der Waals surface area (Å²) in [7, 11) is 1.73.